The number of halogens is 3. The predicted octanol–water partition coefficient (Wildman–Crippen LogP) is 3.00. The number of nitrogens with zero attached hydrogens (tertiary/aromatic N) is 1. The first-order valence-corrected chi connectivity index (χ1v) is 6.35. The largest absolute Gasteiger partial charge is 0.497 e. The Hall–Kier alpha value is -1.27. The molecule has 0 spiro atoms. The SMILES string of the molecule is COc1ccc(C(O)CN(CC(F)(F)F)C(C)C)cc1. The molecule has 0 fully saturated rings. The molecule has 20 heavy (non-hydrogen) atoms. The summed E-state index contributed by atoms with van der Waals surface area (Å²) in [6, 6.07) is 6.33. The minimum atomic E-state index is -4.27. The van der Waals surface area contributed by atoms with Gasteiger partial charge in [0, 0.05) is 12.6 Å². The maximum atomic E-state index is 12.5. The zero-order valence-electron chi connectivity index (χ0n) is 11.8. The molecule has 0 aromatic heterocycles. The minimum Gasteiger partial charge on any atom is -0.497 e. The fourth-order valence-corrected chi connectivity index (χ4v) is 1.84. The van der Waals surface area contributed by atoms with E-state index in [9.17, 15) is 18.3 Å². The van der Waals surface area contributed by atoms with Crippen LogP contribution in [0.5, 0.6) is 5.75 Å². The summed E-state index contributed by atoms with van der Waals surface area (Å²) < 4.78 is 42.4. The number of aliphatic hydroxyl groups excluding tert-OH is 1. The number of alkyl halides is 3. The molecule has 1 aromatic rings. The van der Waals surface area contributed by atoms with Crippen LogP contribution in [0, 0.1) is 0 Å². The number of rotatable bonds is 6. The van der Waals surface area contributed by atoms with E-state index in [1.807, 2.05) is 0 Å². The lowest BCUT2D eigenvalue weighted by molar-refractivity contribution is -0.152. The fourth-order valence-electron chi connectivity index (χ4n) is 1.84. The molecule has 1 unspecified atom stereocenters. The van der Waals surface area contributed by atoms with Crippen molar-refractivity contribution in [3.63, 3.8) is 0 Å². The minimum absolute atomic E-state index is 0.0660. The fraction of sp³-hybridized carbons (Fsp3) is 0.571. The highest BCUT2D eigenvalue weighted by Crippen LogP contribution is 2.22. The first-order valence-electron chi connectivity index (χ1n) is 6.35. The normalized spacial score (nSPS) is 13.8. The molecule has 6 heteroatoms. The van der Waals surface area contributed by atoms with Crippen molar-refractivity contribution in [3.8, 4) is 5.75 Å². The van der Waals surface area contributed by atoms with E-state index in [1.54, 1.807) is 38.1 Å². The molecule has 0 bridgehead atoms. The van der Waals surface area contributed by atoms with Crippen LogP contribution in [0.1, 0.15) is 25.5 Å². The third-order valence-electron chi connectivity index (χ3n) is 3.02. The highest BCUT2D eigenvalue weighted by molar-refractivity contribution is 5.28. The van der Waals surface area contributed by atoms with Gasteiger partial charge in [0.1, 0.15) is 5.75 Å². The van der Waals surface area contributed by atoms with E-state index in [-0.39, 0.29) is 12.6 Å². The molecule has 1 N–H and O–H groups in total. The van der Waals surface area contributed by atoms with Crippen LogP contribution >= 0.6 is 0 Å². The second-order valence-electron chi connectivity index (χ2n) is 4.93. The predicted molar refractivity (Wildman–Crippen MR) is 70.7 cm³/mol. The summed E-state index contributed by atoms with van der Waals surface area (Å²) >= 11 is 0. The number of hydrogen-bond donors (Lipinski definition) is 1. The Kier molecular flexibility index (Phi) is 5.83. The number of methoxy groups -OCH3 is 1. The van der Waals surface area contributed by atoms with Gasteiger partial charge in [-0.05, 0) is 31.5 Å². The van der Waals surface area contributed by atoms with Crippen molar-refractivity contribution in [3.05, 3.63) is 29.8 Å². The van der Waals surface area contributed by atoms with Gasteiger partial charge in [0.05, 0.1) is 19.8 Å². The lowest BCUT2D eigenvalue weighted by atomic mass is 10.1. The first-order chi connectivity index (χ1) is 9.23. The van der Waals surface area contributed by atoms with Crippen molar-refractivity contribution in [1.82, 2.24) is 4.90 Å². The van der Waals surface area contributed by atoms with Crippen LogP contribution in [0.4, 0.5) is 13.2 Å². The Morgan fingerprint density at radius 2 is 1.75 bits per heavy atom. The average molecular weight is 291 g/mol. The molecule has 3 nitrogen and oxygen atoms in total. The second-order valence-corrected chi connectivity index (χ2v) is 4.93. The van der Waals surface area contributed by atoms with Crippen LogP contribution in [-0.2, 0) is 0 Å². The van der Waals surface area contributed by atoms with Crippen LogP contribution in [0.25, 0.3) is 0 Å². The Bertz CT molecular complexity index is 404. The summed E-state index contributed by atoms with van der Waals surface area (Å²) in [6.07, 6.45) is -5.24. The molecule has 1 rings (SSSR count). The highest BCUT2D eigenvalue weighted by atomic mass is 19.4. The van der Waals surface area contributed by atoms with Crippen molar-refractivity contribution in [2.24, 2.45) is 0 Å². The third-order valence-corrected chi connectivity index (χ3v) is 3.02. The van der Waals surface area contributed by atoms with Gasteiger partial charge in [-0.25, -0.2) is 0 Å². The van der Waals surface area contributed by atoms with Crippen molar-refractivity contribution in [2.75, 3.05) is 20.2 Å². The molecule has 0 saturated heterocycles. The lowest BCUT2D eigenvalue weighted by Crippen LogP contribution is -2.41. The van der Waals surface area contributed by atoms with E-state index in [2.05, 4.69) is 0 Å². The Morgan fingerprint density at radius 3 is 2.15 bits per heavy atom. The van der Waals surface area contributed by atoms with E-state index >= 15 is 0 Å². The topological polar surface area (TPSA) is 32.7 Å². The molecular formula is C14H20F3NO2. The van der Waals surface area contributed by atoms with E-state index < -0.39 is 18.8 Å². The van der Waals surface area contributed by atoms with Gasteiger partial charge in [-0.1, -0.05) is 12.1 Å². The van der Waals surface area contributed by atoms with E-state index in [1.165, 1.54) is 12.0 Å². The summed E-state index contributed by atoms with van der Waals surface area (Å²) in [5.41, 5.74) is 0.568. The van der Waals surface area contributed by atoms with E-state index in [0.29, 0.717) is 11.3 Å². The maximum absolute atomic E-state index is 12.5. The van der Waals surface area contributed by atoms with Gasteiger partial charge in [0.25, 0.3) is 0 Å². The van der Waals surface area contributed by atoms with Crippen molar-refractivity contribution in [2.45, 2.75) is 32.2 Å². The van der Waals surface area contributed by atoms with Crippen LogP contribution in [0.15, 0.2) is 24.3 Å². The zero-order valence-corrected chi connectivity index (χ0v) is 11.8. The molecule has 0 heterocycles. The van der Waals surface area contributed by atoms with Gasteiger partial charge < -0.3 is 9.84 Å². The summed E-state index contributed by atoms with van der Waals surface area (Å²) in [6.45, 7) is 2.25. The third kappa shape index (κ3) is 5.38. The van der Waals surface area contributed by atoms with Crippen molar-refractivity contribution in [1.29, 1.82) is 0 Å². The quantitative estimate of drug-likeness (QED) is 0.874. The molecule has 0 aliphatic heterocycles. The van der Waals surface area contributed by atoms with Gasteiger partial charge in [0.2, 0.25) is 0 Å². The van der Waals surface area contributed by atoms with E-state index in [0.717, 1.165) is 0 Å². The first kappa shape index (κ1) is 16.8. The number of benzene rings is 1. The average Bonchev–Trinajstić information content (AvgIpc) is 2.36. The summed E-state index contributed by atoms with van der Waals surface area (Å²) in [5.74, 6) is 0.636. The molecule has 114 valence electrons. The molecule has 1 atom stereocenters. The maximum Gasteiger partial charge on any atom is 0.401 e. The van der Waals surface area contributed by atoms with Crippen LogP contribution < -0.4 is 4.74 Å². The summed E-state index contributed by atoms with van der Waals surface area (Å²) in [7, 11) is 1.52. The van der Waals surface area contributed by atoms with E-state index in [4.69, 9.17) is 4.74 Å². The molecule has 0 aliphatic carbocycles. The second kappa shape index (κ2) is 6.95. The lowest BCUT2D eigenvalue weighted by Gasteiger charge is -2.29. The smallest absolute Gasteiger partial charge is 0.401 e. The molecule has 0 aliphatic rings. The molecule has 0 radical (unpaired) electrons. The Morgan fingerprint density at radius 1 is 1.20 bits per heavy atom. The van der Waals surface area contributed by atoms with Gasteiger partial charge in [0.15, 0.2) is 0 Å². The Labute approximate surface area is 117 Å². The van der Waals surface area contributed by atoms with Gasteiger partial charge >= 0.3 is 6.18 Å². The zero-order chi connectivity index (χ0) is 15.3. The van der Waals surface area contributed by atoms with Gasteiger partial charge in [-0.15, -0.1) is 0 Å². The molecule has 0 saturated carbocycles. The summed E-state index contributed by atoms with van der Waals surface area (Å²) in [4.78, 5) is 1.20. The summed E-state index contributed by atoms with van der Waals surface area (Å²) in [5, 5.41) is 10.1. The standard InChI is InChI=1S/C14H20F3NO2/c1-10(2)18(9-14(15,16)17)8-13(19)11-4-6-12(20-3)7-5-11/h4-7,10,13,19H,8-9H2,1-3H3. The van der Waals surface area contributed by atoms with Gasteiger partial charge in [-0.2, -0.15) is 13.2 Å². The number of hydrogen-bond acceptors (Lipinski definition) is 3. The molecule has 1 aromatic carbocycles. The van der Waals surface area contributed by atoms with Crippen LogP contribution in [0.3, 0.4) is 0 Å². The van der Waals surface area contributed by atoms with Crippen LogP contribution in [0.2, 0.25) is 0 Å². The van der Waals surface area contributed by atoms with Crippen molar-refractivity contribution < 1.29 is 23.0 Å². The monoisotopic (exact) mass is 291 g/mol. The van der Waals surface area contributed by atoms with Gasteiger partial charge in [-0.3, -0.25) is 4.90 Å². The van der Waals surface area contributed by atoms with Crippen molar-refractivity contribution >= 4 is 0 Å². The number of ether oxygens (including phenoxy) is 1. The Balaban J connectivity index is 2.71. The highest BCUT2D eigenvalue weighted by Gasteiger charge is 2.32. The number of aliphatic hydroxyl groups is 1. The molecular weight excluding hydrogens is 271 g/mol. The molecule has 0 amide bonds. The van der Waals surface area contributed by atoms with Crippen LogP contribution in [-0.4, -0.2) is 42.4 Å².